The van der Waals surface area contributed by atoms with Crippen molar-refractivity contribution >= 4 is 6.09 Å². The van der Waals surface area contributed by atoms with Crippen LogP contribution < -0.4 is 0 Å². The highest BCUT2D eigenvalue weighted by Gasteiger charge is 2.25. The molecule has 108 valence electrons. The number of hydrogen-bond acceptors (Lipinski definition) is 2. The van der Waals surface area contributed by atoms with Crippen LogP contribution in [0.15, 0.2) is 12.1 Å². The molecule has 4 nitrogen and oxygen atoms in total. The highest BCUT2D eigenvalue weighted by atomic mass is 16.4. The molecule has 1 N–H and O–H groups in total. The van der Waals surface area contributed by atoms with Crippen molar-refractivity contribution in [3.63, 3.8) is 0 Å². The van der Waals surface area contributed by atoms with Crippen LogP contribution in [0.1, 0.15) is 43.0 Å². The highest BCUT2D eigenvalue weighted by molar-refractivity contribution is 5.66. The van der Waals surface area contributed by atoms with Crippen LogP contribution in [0.25, 0.3) is 0 Å². The molecule has 0 heterocycles. The van der Waals surface area contributed by atoms with E-state index in [2.05, 4.69) is 6.07 Å². The standard InChI is InChI=1S/C16H22N2O2/c1-11-8-13(10-17)9-12(2)14(11)6-7-18(15(19)20)16(3,4)5/h8-9H,6-7H2,1-5H3,(H,19,20). The molecule has 0 spiro atoms. The minimum Gasteiger partial charge on any atom is -0.465 e. The first-order valence-electron chi connectivity index (χ1n) is 6.67. The Hall–Kier alpha value is -2.02. The van der Waals surface area contributed by atoms with Crippen LogP contribution in [-0.4, -0.2) is 28.2 Å². The first-order valence-corrected chi connectivity index (χ1v) is 6.67. The summed E-state index contributed by atoms with van der Waals surface area (Å²) in [4.78, 5) is 12.8. The topological polar surface area (TPSA) is 64.3 Å². The molecule has 0 radical (unpaired) electrons. The molecule has 1 aromatic rings. The molecular formula is C16H22N2O2. The van der Waals surface area contributed by atoms with Crippen molar-refractivity contribution in [1.29, 1.82) is 5.26 Å². The maximum atomic E-state index is 11.3. The van der Waals surface area contributed by atoms with Crippen LogP contribution in [-0.2, 0) is 6.42 Å². The van der Waals surface area contributed by atoms with Crippen LogP contribution in [0, 0.1) is 25.2 Å². The predicted molar refractivity (Wildman–Crippen MR) is 78.8 cm³/mol. The van der Waals surface area contributed by atoms with Gasteiger partial charge >= 0.3 is 6.09 Å². The van der Waals surface area contributed by atoms with Gasteiger partial charge in [-0.3, -0.25) is 0 Å². The van der Waals surface area contributed by atoms with Gasteiger partial charge in [0.25, 0.3) is 0 Å². The second-order valence-corrected chi connectivity index (χ2v) is 6.06. The second kappa shape index (κ2) is 5.96. The lowest BCUT2D eigenvalue weighted by Crippen LogP contribution is -2.46. The monoisotopic (exact) mass is 274 g/mol. The fourth-order valence-electron chi connectivity index (χ4n) is 2.39. The fourth-order valence-corrected chi connectivity index (χ4v) is 2.39. The van der Waals surface area contributed by atoms with Gasteiger partial charge in [-0.2, -0.15) is 5.26 Å². The number of nitriles is 1. The number of amides is 1. The Kier molecular flexibility index (Phi) is 4.78. The van der Waals surface area contributed by atoms with Gasteiger partial charge in [0, 0.05) is 12.1 Å². The van der Waals surface area contributed by atoms with Gasteiger partial charge in [-0.05, 0) is 69.9 Å². The van der Waals surface area contributed by atoms with Crippen molar-refractivity contribution in [3.8, 4) is 6.07 Å². The third kappa shape index (κ3) is 3.74. The molecule has 0 atom stereocenters. The van der Waals surface area contributed by atoms with E-state index in [1.54, 1.807) is 0 Å². The lowest BCUT2D eigenvalue weighted by Gasteiger charge is -2.33. The normalized spacial score (nSPS) is 11.0. The van der Waals surface area contributed by atoms with E-state index in [1.165, 1.54) is 4.90 Å². The highest BCUT2D eigenvalue weighted by Crippen LogP contribution is 2.20. The van der Waals surface area contributed by atoms with Crippen molar-refractivity contribution in [3.05, 3.63) is 34.4 Å². The average molecular weight is 274 g/mol. The maximum absolute atomic E-state index is 11.3. The van der Waals surface area contributed by atoms with Crippen molar-refractivity contribution < 1.29 is 9.90 Å². The summed E-state index contributed by atoms with van der Waals surface area (Å²) >= 11 is 0. The Morgan fingerprint density at radius 3 is 2.15 bits per heavy atom. The Labute approximate surface area is 120 Å². The molecule has 0 saturated heterocycles. The smallest absolute Gasteiger partial charge is 0.407 e. The summed E-state index contributed by atoms with van der Waals surface area (Å²) in [6, 6.07) is 5.84. The average Bonchev–Trinajstić information content (AvgIpc) is 2.30. The lowest BCUT2D eigenvalue weighted by molar-refractivity contribution is 0.101. The van der Waals surface area contributed by atoms with Crippen molar-refractivity contribution in [2.24, 2.45) is 0 Å². The van der Waals surface area contributed by atoms with E-state index in [-0.39, 0.29) is 0 Å². The summed E-state index contributed by atoms with van der Waals surface area (Å²) in [6.45, 7) is 10.0. The Morgan fingerprint density at radius 2 is 1.80 bits per heavy atom. The summed E-state index contributed by atoms with van der Waals surface area (Å²) in [5.41, 5.74) is 3.44. The zero-order valence-electron chi connectivity index (χ0n) is 12.8. The van der Waals surface area contributed by atoms with Gasteiger partial charge in [0.15, 0.2) is 0 Å². The van der Waals surface area contributed by atoms with E-state index in [9.17, 15) is 9.90 Å². The quantitative estimate of drug-likeness (QED) is 0.917. The van der Waals surface area contributed by atoms with E-state index in [1.807, 2.05) is 46.8 Å². The van der Waals surface area contributed by atoms with Gasteiger partial charge in [0.1, 0.15) is 0 Å². The Bertz CT molecular complexity index is 528. The third-order valence-electron chi connectivity index (χ3n) is 3.45. The SMILES string of the molecule is Cc1cc(C#N)cc(C)c1CCN(C(=O)O)C(C)(C)C. The lowest BCUT2D eigenvalue weighted by atomic mass is 9.96. The number of aryl methyl sites for hydroxylation is 2. The third-order valence-corrected chi connectivity index (χ3v) is 3.45. The van der Waals surface area contributed by atoms with Gasteiger partial charge in [-0.1, -0.05) is 0 Å². The zero-order chi connectivity index (χ0) is 15.5. The molecule has 1 rings (SSSR count). The molecular weight excluding hydrogens is 252 g/mol. The molecule has 0 aliphatic rings. The number of hydrogen-bond donors (Lipinski definition) is 1. The Balaban J connectivity index is 2.95. The minimum absolute atomic E-state index is 0.416. The predicted octanol–water partition coefficient (Wildman–Crippen LogP) is 3.50. The van der Waals surface area contributed by atoms with Crippen LogP contribution in [0.3, 0.4) is 0 Å². The molecule has 0 aromatic heterocycles. The number of rotatable bonds is 3. The molecule has 4 heteroatoms. The molecule has 0 aliphatic heterocycles. The van der Waals surface area contributed by atoms with E-state index in [0.717, 1.165) is 16.7 Å². The van der Waals surface area contributed by atoms with Gasteiger partial charge in [0.05, 0.1) is 11.6 Å². The first kappa shape index (κ1) is 16.0. The molecule has 20 heavy (non-hydrogen) atoms. The zero-order valence-corrected chi connectivity index (χ0v) is 12.8. The van der Waals surface area contributed by atoms with Crippen LogP contribution in [0.5, 0.6) is 0 Å². The van der Waals surface area contributed by atoms with Crippen LogP contribution >= 0.6 is 0 Å². The molecule has 0 aliphatic carbocycles. The molecule has 1 aromatic carbocycles. The molecule has 0 unspecified atom stereocenters. The summed E-state index contributed by atoms with van der Waals surface area (Å²) < 4.78 is 0. The second-order valence-electron chi connectivity index (χ2n) is 6.06. The number of nitrogens with zero attached hydrogens (tertiary/aromatic N) is 2. The summed E-state index contributed by atoms with van der Waals surface area (Å²) in [6.07, 6.45) is -0.242. The minimum atomic E-state index is -0.901. The molecule has 0 saturated carbocycles. The summed E-state index contributed by atoms with van der Waals surface area (Å²) in [5.74, 6) is 0. The molecule has 1 amide bonds. The van der Waals surface area contributed by atoms with Gasteiger partial charge in [0.2, 0.25) is 0 Å². The van der Waals surface area contributed by atoms with Gasteiger partial charge in [-0.15, -0.1) is 0 Å². The van der Waals surface area contributed by atoms with Gasteiger partial charge in [-0.25, -0.2) is 4.79 Å². The van der Waals surface area contributed by atoms with Crippen LogP contribution in [0.4, 0.5) is 4.79 Å². The number of benzene rings is 1. The van der Waals surface area contributed by atoms with E-state index < -0.39 is 11.6 Å². The largest absolute Gasteiger partial charge is 0.465 e. The molecule has 0 fully saturated rings. The van der Waals surface area contributed by atoms with Crippen molar-refractivity contribution in [2.45, 2.75) is 46.6 Å². The summed E-state index contributed by atoms with van der Waals surface area (Å²) in [5, 5.41) is 18.2. The van der Waals surface area contributed by atoms with Crippen molar-refractivity contribution in [2.75, 3.05) is 6.54 Å². The van der Waals surface area contributed by atoms with E-state index >= 15 is 0 Å². The van der Waals surface area contributed by atoms with E-state index in [4.69, 9.17) is 5.26 Å². The first-order chi connectivity index (χ1) is 9.16. The van der Waals surface area contributed by atoms with Crippen molar-refractivity contribution in [1.82, 2.24) is 4.90 Å². The van der Waals surface area contributed by atoms with Crippen LogP contribution in [0.2, 0.25) is 0 Å². The summed E-state index contributed by atoms with van der Waals surface area (Å²) in [7, 11) is 0. The maximum Gasteiger partial charge on any atom is 0.407 e. The number of carboxylic acid groups (broad SMARTS) is 1. The number of carbonyl (C=O) groups is 1. The van der Waals surface area contributed by atoms with Gasteiger partial charge < -0.3 is 10.0 Å². The molecule has 0 bridgehead atoms. The fraction of sp³-hybridized carbons (Fsp3) is 0.500. The Morgan fingerprint density at radius 1 is 1.30 bits per heavy atom. The van der Waals surface area contributed by atoms with E-state index in [0.29, 0.717) is 18.5 Å².